The quantitative estimate of drug-likeness (QED) is 0.783. The van der Waals surface area contributed by atoms with E-state index in [0.717, 1.165) is 0 Å². The number of hydrogen-bond acceptors (Lipinski definition) is 4. The Balaban J connectivity index is 2.18. The summed E-state index contributed by atoms with van der Waals surface area (Å²) in [4.78, 5) is 26.0. The van der Waals surface area contributed by atoms with E-state index in [1.54, 1.807) is 13.8 Å². The molecule has 8 heteroatoms. The number of aliphatic carboxylic acids is 1. The van der Waals surface area contributed by atoms with Gasteiger partial charge < -0.3 is 10.0 Å². The molecular formula is C18H26N2O5S. The summed E-state index contributed by atoms with van der Waals surface area (Å²) in [6, 6.07) is 5.48. The second-order valence-corrected chi connectivity index (χ2v) is 9.11. The van der Waals surface area contributed by atoms with Crippen LogP contribution in [-0.2, 0) is 14.8 Å². The summed E-state index contributed by atoms with van der Waals surface area (Å²) in [5.41, 5.74) is -0.585. The fraction of sp³-hybridized carbons (Fsp3) is 0.556. The molecule has 0 saturated carbocycles. The highest BCUT2D eigenvalue weighted by Crippen LogP contribution is 2.38. The number of carboxylic acids is 1. The Morgan fingerprint density at radius 3 is 2.15 bits per heavy atom. The molecule has 1 aromatic rings. The third kappa shape index (κ3) is 3.91. The first-order valence-electron chi connectivity index (χ1n) is 8.64. The maximum absolute atomic E-state index is 12.7. The van der Waals surface area contributed by atoms with Gasteiger partial charge in [0.2, 0.25) is 10.0 Å². The highest BCUT2D eigenvalue weighted by Gasteiger charge is 2.48. The lowest BCUT2D eigenvalue weighted by molar-refractivity contribution is -0.150. The minimum Gasteiger partial charge on any atom is -0.481 e. The molecule has 1 saturated heterocycles. The summed E-state index contributed by atoms with van der Waals surface area (Å²) >= 11 is 0. The van der Waals surface area contributed by atoms with Crippen LogP contribution in [0.15, 0.2) is 29.2 Å². The number of carbonyl (C=O) groups excluding carboxylic acids is 1. The molecule has 2 N–H and O–H groups in total. The number of amides is 1. The Labute approximate surface area is 154 Å². The average Bonchev–Trinajstić information content (AvgIpc) is 3.00. The van der Waals surface area contributed by atoms with Crippen LogP contribution in [-0.4, -0.2) is 49.4 Å². The van der Waals surface area contributed by atoms with E-state index >= 15 is 0 Å². The van der Waals surface area contributed by atoms with Gasteiger partial charge in [-0.2, -0.15) is 0 Å². The molecule has 0 aliphatic carbocycles. The van der Waals surface area contributed by atoms with E-state index < -0.39 is 21.4 Å². The first-order valence-corrected chi connectivity index (χ1v) is 10.1. The molecule has 7 nitrogen and oxygen atoms in total. The molecule has 26 heavy (non-hydrogen) atoms. The highest BCUT2D eigenvalue weighted by atomic mass is 32.2. The van der Waals surface area contributed by atoms with Crippen molar-refractivity contribution in [1.82, 2.24) is 9.62 Å². The molecule has 1 unspecified atom stereocenters. The second-order valence-electron chi connectivity index (χ2n) is 7.39. The van der Waals surface area contributed by atoms with Crippen LogP contribution in [0.4, 0.5) is 0 Å². The molecule has 144 valence electrons. The van der Waals surface area contributed by atoms with Gasteiger partial charge in [0.1, 0.15) is 0 Å². The predicted octanol–water partition coefficient (Wildman–Crippen LogP) is 1.95. The zero-order valence-electron chi connectivity index (χ0n) is 15.5. The normalized spacial score (nSPS) is 20.8. The van der Waals surface area contributed by atoms with Crippen LogP contribution in [0.2, 0.25) is 0 Å². The first-order chi connectivity index (χ1) is 12.0. The van der Waals surface area contributed by atoms with E-state index in [-0.39, 0.29) is 29.3 Å². The van der Waals surface area contributed by atoms with Crippen LogP contribution in [0.3, 0.4) is 0 Å². The molecule has 0 spiro atoms. The molecule has 1 fully saturated rings. The molecule has 1 aliphatic rings. The largest absolute Gasteiger partial charge is 0.481 e. The van der Waals surface area contributed by atoms with Gasteiger partial charge in [-0.1, -0.05) is 13.8 Å². The summed E-state index contributed by atoms with van der Waals surface area (Å²) in [6.45, 7) is 7.69. The zero-order chi connectivity index (χ0) is 19.7. The lowest BCUT2D eigenvalue weighted by Crippen LogP contribution is -2.40. The van der Waals surface area contributed by atoms with Gasteiger partial charge in [0.25, 0.3) is 5.91 Å². The Hall–Kier alpha value is -1.93. The van der Waals surface area contributed by atoms with Crippen LogP contribution in [0.5, 0.6) is 0 Å². The molecule has 0 bridgehead atoms. The molecule has 1 heterocycles. The highest BCUT2D eigenvalue weighted by molar-refractivity contribution is 7.89. The number of likely N-dealkylation sites (tertiary alicyclic amines) is 1. The lowest BCUT2D eigenvalue weighted by atomic mass is 9.76. The standard InChI is InChI=1S/C18H26N2O5S/c1-12(2)18(17(22)23)9-10-20(11-18)16(21)14-5-7-15(8-6-14)26(24,25)19-13(3)4/h5-8,12-13,19H,9-11H2,1-4H3,(H,22,23). The van der Waals surface area contributed by atoms with Crippen molar-refractivity contribution < 1.29 is 23.1 Å². The molecule has 1 atom stereocenters. The summed E-state index contributed by atoms with van der Waals surface area (Å²) in [5, 5.41) is 9.59. The van der Waals surface area contributed by atoms with Crippen LogP contribution in [0, 0.1) is 11.3 Å². The zero-order valence-corrected chi connectivity index (χ0v) is 16.3. The van der Waals surface area contributed by atoms with Crippen molar-refractivity contribution in [2.24, 2.45) is 11.3 Å². The SMILES string of the molecule is CC(C)NS(=O)(=O)c1ccc(C(=O)N2CCC(C(=O)O)(C(C)C)C2)cc1. The van der Waals surface area contributed by atoms with Gasteiger partial charge in [0.15, 0.2) is 0 Å². The van der Waals surface area contributed by atoms with Crippen LogP contribution in [0.25, 0.3) is 0 Å². The van der Waals surface area contributed by atoms with Crippen molar-refractivity contribution >= 4 is 21.9 Å². The van der Waals surface area contributed by atoms with E-state index in [1.165, 1.54) is 29.2 Å². The van der Waals surface area contributed by atoms with Crippen molar-refractivity contribution in [3.05, 3.63) is 29.8 Å². The van der Waals surface area contributed by atoms with Gasteiger partial charge in [-0.05, 0) is 50.5 Å². The van der Waals surface area contributed by atoms with Gasteiger partial charge >= 0.3 is 5.97 Å². The number of carboxylic acid groups (broad SMARTS) is 1. The van der Waals surface area contributed by atoms with Gasteiger partial charge in [0, 0.05) is 24.7 Å². The predicted molar refractivity (Wildman–Crippen MR) is 97.3 cm³/mol. The van der Waals surface area contributed by atoms with Crippen molar-refractivity contribution in [3.63, 3.8) is 0 Å². The molecule has 0 aromatic heterocycles. The van der Waals surface area contributed by atoms with Crippen molar-refractivity contribution in [2.75, 3.05) is 13.1 Å². The van der Waals surface area contributed by atoms with E-state index in [9.17, 15) is 23.1 Å². The third-order valence-corrected chi connectivity index (χ3v) is 6.60. The summed E-state index contributed by atoms with van der Waals surface area (Å²) < 4.78 is 26.8. The first kappa shape index (κ1) is 20.4. The van der Waals surface area contributed by atoms with Crippen molar-refractivity contribution in [1.29, 1.82) is 0 Å². The third-order valence-electron chi connectivity index (χ3n) is 4.92. The number of carbonyl (C=O) groups is 2. The molecule has 1 amide bonds. The Kier molecular flexibility index (Phi) is 5.77. The van der Waals surface area contributed by atoms with Gasteiger partial charge in [-0.15, -0.1) is 0 Å². The van der Waals surface area contributed by atoms with E-state index in [2.05, 4.69) is 4.72 Å². The van der Waals surface area contributed by atoms with Gasteiger partial charge in [-0.3, -0.25) is 9.59 Å². The second kappa shape index (κ2) is 7.36. The molecule has 1 aliphatic heterocycles. The van der Waals surface area contributed by atoms with Crippen LogP contribution < -0.4 is 4.72 Å². The number of nitrogens with one attached hydrogen (secondary N) is 1. The maximum Gasteiger partial charge on any atom is 0.311 e. The van der Waals surface area contributed by atoms with Crippen molar-refractivity contribution in [3.8, 4) is 0 Å². The maximum atomic E-state index is 12.7. The Bertz CT molecular complexity index is 786. The minimum absolute atomic E-state index is 0.0891. The average molecular weight is 382 g/mol. The number of sulfonamides is 1. The van der Waals surface area contributed by atoms with Crippen LogP contribution in [0.1, 0.15) is 44.5 Å². The minimum atomic E-state index is -3.61. The fourth-order valence-corrected chi connectivity index (χ4v) is 4.49. The molecule has 1 aromatic carbocycles. The smallest absolute Gasteiger partial charge is 0.311 e. The molecule has 0 radical (unpaired) electrons. The summed E-state index contributed by atoms with van der Waals surface area (Å²) in [6.07, 6.45) is 0.413. The number of hydrogen-bond donors (Lipinski definition) is 2. The van der Waals surface area contributed by atoms with Crippen molar-refractivity contribution in [2.45, 2.75) is 45.1 Å². The Morgan fingerprint density at radius 2 is 1.73 bits per heavy atom. The summed E-state index contributed by atoms with van der Waals surface area (Å²) in [7, 11) is -3.61. The summed E-state index contributed by atoms with van der Waals surface area (Å²) in [5.74, 6) is -1.26. The number of rotatable bonds is 6. The van der Waals surface area contributed by atoms with E-state index in [4.69, 9.17) is 0 Å². The molecular weight excluding hydrogens is 356 g/mol. The molecule has 2 rings (SSSR count). The van der Waals surface area contributed by atoms with E-state index in [1.807, 2.05) is 13.8 Å². The monoisotopic (exact) mass is 382 g/mol. The fourth-order valence-electron chi connectivity index (χ4n) is 3.24. The van der Waals surface area contributed by atoms with Gasteiger partial charge in [0.05, 0.1) is 10.3 Å². The van der Waals surface area contributed by atoms with E-state index in [0.29, 0.717) is 18.5 Å². The van der Waals surface area contributed by atoms with Gasteiger partial charge in [-0.25, -0.2) is 13.1 Å². The topological polar surface area (TPSA) is 104 Å². The Morgan fingerprint density at radius 1 is 1.15 bits per heavy atom. The van der Waals surface area contributed by atoms with Crippen LogP contribution >= 0.6 is 0 Å². The number of benzene rings is 1. The lowest BCUT2D eigenvalue weighted by Gasteiger charge is -2.28. The number of nitrogens with zero attached hydrogens (tertiary/aromatic N) is 1.